The van der Waals surface area contributed by atoms with Gasteiger partial charge in [0.15, 0.2) is 0 Å². The van der Waals surface area contributed by atoms with E-state index in [9.17, 15) is 9.59 Å². The highest BCUT2D eigenvalue weighted by molar-refractivity contribution is 5.88. The number of amides is 2. The van der Waals surface area contributed by atoms with Crippen LogP contribution in [0.15, 0.2) is 36.4 Å². The van der Waals surface area contributed by atoms with Gasteiger partial charge in [-0.3, -0.25) is 15.0 Å². The van der Waals surface area contributed by atoms with Crippen LogP contribution in [0.25, 0.3) is 5.70 Å². The standard InChI is InChI=1S/C16H22N4O2/c1-19(2)11-10-17-15(21)12-20-16(22)9-8-14(18-20)13-6-4-3-5-7-13/h3-8,18H,9-12H2,1-2H3,(H,17,21). The lowest BCUT2D eigenvalue weighted by Crippen LogP contribution is -2.49. The molecule has 22 heavy (non-hydrogen) atoms. The Bertz CT molecular complexity index is 555. The summed E-state index contributed by atoms with van der Waals surface area (Å²) in [4.78, 5) is 25.8. The Morgan fingerprint density at radius 1 is 1.32 bits per heavy atom. The van der Waals surface area contributed by atoms with Gasteiger partial charge in [0, 0.05) is 19.5 Å². The second kappa shape index (κ2) is 7.61. The van der Waals surface area contributed by atoms with Gasteiger partial charge in [-0.2, -0.15) is 0 Å². The molecular weight excluding hydrogens is 280 g/mol. The average Bonchev–Trinajstić information content (AvgIpc) is 2.50. The summed E-state index contributed by atoms with van der Waals surface area (Å²) in [5, 5.41) is 4.17. The van der Waals surface area contributed by atoms with Crippen LogP contribution >= 0.6 is 0 Å². The molecule has 1 aliphatic heterocycles. The number of carbonyl (C=O) groups is 2. The molecule has 0 aliphatic carbocycles. The first kappa shape index (κ1) is 16.0. The predicted octanol–water partition coefficient (Wildman–Crippen LogP) is 0.442. The van der Waals surface area contributed by atoms with E-state index in [4.69, 9.17) is 0 Å². The highest BCUT2D eigenvalue weighted by atomic mass is 16.2. The summed E-state index contributed by atoms with van der Waals surface area (Å²) >= 11 is 0. The van der Waals surface area contributed by atoms with E-state index in [1.165, 1.54) is 5.01 Å². The fourth-order valence-corrected chi connectivity index (χ4v) is 2.10. The van der Waals surface area contributed by atoms with Gasteiger partial charge >= 0.3 is 0 Å². The van der Waals surface area contributed by atoms with Crippen molar-refractivity contribution in [3.05, 3.63) is 42.0 Å². The van der Waals surface area contributed by atoms with E-state index in [0.717, 1.165) is 17.8 Å². The third-order valence-electron chi connectivity index (χ3n) is 3.30. The van der Waals surface area contributed by atoms with Crippen LogP contribution in [0.4, 0.5) is 0 Å². The first-order valence-electron chi connectivity index (χ1n) is 7.30. The molecule has 0 bridgehead atoms. The third-order valence-corrected chi connectivity index (χ3v) is 3.30. The smallest absolute Gasteiger partial charge is 0.245 e. The highest BCUT2D eigenvalue weighted by Gasteiger charge is 2.21. The number of nitrogens with zero attached hydrogens (tertiary/aromatic N) is 2. The lowest BCUT2D eigenvalue weighted by Gasteiger charge is -2.28. The van der Waals surface area contributed by atoms with E-state index < -0.39 is 0 Å². The molecule has 0 spiro atoms. The molecule has 6 nitrogen and oxygen atoms in total. The molecule has 0 unspecified atom stereocenters. The largest absolute Gasteiger partial charge is 0.353 e. The Hall–Kier alpha value is -2.34. The number of carbonyl (C=O) groups excluding carboxylic acids is 2. The topological polar surface area (TPSA) is 64.7 Å². The van der Waals surface area contributed by atoms with Gasteiger partial charge in [-0.1, -0.05) is 30.3 Å². The van der Waals surface area contributed by atoms with Crippen molar-refractivity contribution in [1.29, 1.82) is 0 Å². The Morgan fingerprint density at radius 3 is 2.73 bits per heavy atom. The SMILES string of the molecule is CN(C)CCNC(=O)CN1NC(c2ccccc2)=CCC1=O. The van der Waals surface area contributed by atoms with E-state index in [1.807, 2.05) is 55.4 Å². The molecule has 0 saturated carbocycles. The maximum Gasteiger partial charge on any atom is 0.245 e. The second-order valence-electron chi connectivity index (χ2n) is 5.43. The first-order chi connectivity index (χ1) is 10.6. The van der Waals surface area contributed by atoms with Crippen molar-refractivity contribution < 1.29 is 9.59 Å². The number of benzene rings is 1. The normalized spacial score (nSPS) is 14.6. The van der Waals surface area contributed by atoms with Crippen LogP contribution in [0, 0.1) is 0 Å². The summed E-state index contributed by atoms with van der Waals surface area (Å²) in [6.07, 6.45) is 2.14. The molecule has 118 valence electrons. The van der Waals surface area contributed by atoms with Crippen molar-refractivity contribution in [2.45, 2.75) is 6.42 Å². The van der Waals surface area contributed by atoms with Gasteiger partial charge in [0.05, 0.1) is 5.70 Å². The number of nitrogens with one attached hydrogen (secondary N) is 2. The van der Waals surface area contributed by atoms with Crippen molar-refractivity contribution in [1.82, 2.24) is 20.7 Å². The molecule has 2 N–H and O–H groups in total. The third kappa shape index (κ3) is 4.60. The Labute approximate surface area is 130 Å². The lowest BCUT2D eigenvalue weighted by atomic mass is 10.1. The molecule has 6 heteroatoms. The van der Waals surface area contributed by atoms with E-state index >= 15 is 0 Å². The van der Waals surface area contributed by atoms with Crippen LogP contribution in [-0.4, -0.2) is 55.5 Å². The summed E-state index contributed by atoms with van der Waals surface area (Å²) < 4.78 is 0. The molecule has 1 aromatic rings. The fraction of sp³-hybridized carbons (Fsp3) is 0.375. The monoisotopic (exact) mass is 302 g/mol. The summed E-state index contributed by atoms with van der Waals surface area (Å²) in [6.45, 7) is 1.34. The average molecular weight is 302 g/mol. The fourth-order valence-electron chi connectivity index (χ4n) is 2.10. The summed E-state index contributed by atoms with van der Waals surface area (Å²) in [5.74, 6) is -0.278. The van der Waals surface area contributed by atoms with Crippen molar-refractivity contribution in [2.24, 2.45) is 0 Å². The van der Waals surface area contributed by atoms with Crippen LogP contribution in [0.5, 0.6) is 0 Å². The molecule has 1 aromatic carbocycles. The molecule has 1 heterocycles. The molecule has 0 saturated heterocycles. The minimum absolute atomic E-state index is 0.0104. The van der Waals surface area contributed by atoms with Crippen molar-refractivity contribution in [3.63, 3.8) is 0 Å². The van der Waals surface area contributed by atoms with Gasteiger partial charge in [0.25, 0.3) is 0 Å². The zero-order valence-electron chi connectivity index (χ0n) is 13.0. The molecule has 2 amide bonds. The number of hydrogen-bond donors (Lipinski definition) is 2. The van der Waals surface area contributed by atoms with E-state index in [1.54, 1.807) is 0 Å². The Kier molecular flexibility index (Phi) is 5.55. The van der Waals surface area contributed by atoms with Crippen molar-refractivity contribution >= 4 is 17.5 Å². The van der Waals surface area contributed by atoms with Crippen LogP contribution < -0.4 is 10.7 Å². The minimum atomic E-state index is -0.169. The minimum Gasteiger partial charge on any atom is -0.353 e. The molecule has 2 rings (SSSR count). The van der Waals surface area contributed by atoms with Crippen molar-refractivity contribution in [2.75, 3.05) is 33.7 Å². The summed E-state index contributed by atoms with van der Waals surface area (Å²) in [7, 11) is 3.89. The second-order valence-corrected chi connectivity index (χ2v) is 5.43. The molecule has 0 radical (unpaired) electrons. The van der Waals surface area contributed by atoms with E-state index in [2.05, 4.69) is 10.7 Å². The maximum atomic E-state index is 11.9. The quantitative estimate of drug-likeness (QED) is 0.800. The van der Waals surface area contributed by atoms with Crippen LogP contribution in [0.3, 0.4) is 0 Å². The van der Waals surface area contributed by atoms with Crippen LogP contribution in [0.2, 0.25) is 0 Å². The Morgan fingerprint density at radius 2 is 2.05 bits per heavy atom. The van der Waals surface area contributed by atoms with Gasteiger partial charge in [-0.15, -0.1) is 0 Å². The van der Waals surface area contributed by atoms with Gasteiger partial charge in [0.1, 0.15) is 6.54 Å². The summed E-state index contributed by atoms with van der Waals surface area (Å²) in [6, 6.07) is 9.74. The zero-order valence-corrected chi connectivity index (χ0v) is 13.0. The Balaban J connectivity index is 1.90. The van der Waals surface area contributed by atoms with Crippen molar-refractivity contribution in [3.8, 4) is 0 Å². The first-order valence-corrected chi connectivity index (χ1v) is 7.30. The van der Waals surface area contributed by atoms with Crippen LogP contribution in [-0.2, 0) is 9.59 Å². The van der Waals surface area contributed by atoms with Gasteiger partial charge in [-0.25, -0.2) is 5.01 Å². The van der Waals surface area contributed by atoms with Gasteiger partial charge < -0.3 is 10.2 Å². The number of rotatable bonds is 6. The molecule has 1 aliphatic rings. The summed E-state index contributed by atoms with van der Waals surface area (Å²) in [5.41, 5.74) is 4.87. The highest BCUT2D eigenvalue weighted by Crippen LogP contribution is 2.16. The molecule has 0 aromatic heterocycles. The lowest BCUT2D eigenvalue weighted by molar-refractivity contribution is -0.137. The zero-order chi connectivity index (χ0) is 15.9. The molecule has 0 atom stereocenters. The number of hydrazine groups is 1. The molecular formula is C16H22N4O2. The van der Waals surface area contributed by atoms with Gasteiger partial charge in [-0.05, 0) is 25.7 Å². The van der Waals surface area contributed by atoms with Gasteiger partial charge in [0.2, 0.25) is 11.8 Å². The number of likely N-dealkylation sites (N-methyl/N-ethyl adjacent to an activating group) is 1. The molecule has 0 fully saturated rings. The van der Waals surface area contributed by atoms with Crippen LogP contribution in [0.1, 0.15) is 12.0 Å². The maximum absolute atomic E-state index is 11.9. The van der Waals surface area contributed by atoms with E-state index in [-0.39, 0.29) is 18.4 Å². The number of hydrogen-bond acceptors (Lipinski definition) is 4. The predicted molar refractivity (Wildman–Crippen MR) is 85.4 cm³/mol. The van der Waals surface area contributed by atoms with E-state index in [0.29, 0.717) is 13.0 Å².